The van der Waals surface area contributed by atoms with E-state index in [-0.39, 0.29) is 0 Å². The van der Waals surface area contributed by atoms with Crippen molar-refractivity contribution in [3.05, 3.63) is 59.2 Å². The number of benzene rings is 2. The Kier molecular flexibility index (Phi) is 4.75. The highest BCUT2D eigenvalue weighted by molar-refractivity contribution is 5.85. The molecule has 0 saturated carbocycles. The van der Waals surface area contributed by atoms with Crippen molar-refractivity contribution in [3.63, 3.8) is 0 Å². The van der Waals surface area contributed by atoms with Gasteiger partial charge in [0.1, 0.15) is 5.75 Å². The van der Waals surface area contributed by atoms with E-state index in [4.69, 9.17) is 14.5 Å². The van der Waals surface area contributed by atoms with Crippen LogP contribution < -0.4 is 4.74 Å². The van der Waals surface area contributed by atoms with Gasteiger partial charge in [0.05, 0.1) is 31.0 Å². The topological polar surface area (TPSA) is 34.6 Å². The van der Waals surface area contributed by atoms with Gasteiger partial charge < -0.3 is 9.47 Å². The number of nitrogens with zero attached hydrogens (tertiary/aromatic N) is 2. The summed E-state index contributed by atoms with van der Waals surface area (Å²) in [6.07, 6.45) is 2.06. The number of morpholine rings is 1. The van der Waals surface area contributed by atoms with E-state index in [0.717, 1.165) is 69.3 Å². The van der Waals surface area contributed by atoms with E-state index >= 15 is 0 Å². The minimum absolute atomic E-state index is 0.788. The quantitative estimate of drug-likeness (QED) is 0.691. The third kappa shape index (κ3) is 3.50. The summed E-state index contributed by atoms with van der Waals surface area (Å²) in [6, 6.07) is 15.4. The molecule has 1 aromatic heterocycles. The molecule has 0 amide bonds. The zero-order valence-electron chi connectivity index (χ0n) is 16.4. The molecule has 3 aromatic rings. The van der Waals surface area contributed by atoms with Crippen LogP contribution in [-0.4, -0.2) is 49.3 Å². The van der Waals surface area contributed by atoms with Crippen molar-refractivity contribution in [2.24, 2.45) is 0 Å². The second-order valence-corrected chi connectivity index (χ2v) is 7.80. The van der Waals surface area contributed by atoms with E-state index in [1.54, 1.807) is 0 Å². The molecule has 2 aromatic carbocycles. The van der Waals surface area contributed by atoms with Crippen LogP contribution in [0.3, 0.4) is 0 Å². The van der Waals surface area contributed by atoms with Gasteiger partial charge in [-0.15, -0.1) is 0 Å². The second kappa shape index (κ2) is 7.53. The van der Waals surface area contributed by atoms with Gasteiger partial charge in [-0.2, -0.15) is 0 Å². The van der Waals surface area contributed by atoms with Crippen LogP contribution in [0.15, 0.2) is 42.5 Å². The first kappa shape index (κ1) is 17.7. The normalized spacial score (nSPS) is 16.9. The van der Waals surface area contributed by atoms with Gasteiger partial charge in [0.15, 0.2) is 0 Å². The van der Waals surface area contributed by atoms with Gasteiger partial charge in [0.2, 0.25) is 0 Å². The molecule has 2 aliphatic rings. The summed E-state index contributed by atoms with van der Waals surface area (Å²) in [7, 11) is 0. The fraction of sp³-hybridized carbons (Fsp3) is 0.375. The summed E-state index contributed by atoms with van der Waals surface area (Å²) < 4.78 is 11.1. The number of hydrogen-bond acceptors (Lipinski definition) is 4. The maximum Gasteiger partial charge on any atom is 0.122 e. The highest BCUT2D eigenvalue weighted by Crippen LogP contribution is 2.31. The summed E-state index contributed by atoms with van der Waals surface area (Å²) in [5, 5.41) is 1.26. The van der Waals surface area contributed by atoms with Crippen LogP contribution >= 0.6 is 0 Å². The Morgan fingerprint density at radius 1 is 1.00 bits per heavy atom. The van der Waals surface area contributed by atoms with Gasteiger partial charge in [0.25, 0.3) is 0 Å². The van der Waals surface area contributed by atoms with Crippen molar-refractivity contribution in [3.8, 4) is 17.0 Å². The molecular weight excluding hydrogens is 348 g/mol. The molecule has 0 bridgehead atoms. The number of aryl methyl sites for hydroxylation is 1. The van der Waals surface area contributed by atoms with Crippen LogP contribution in [0.5, 0.6) is 5.75 Å². The van der Waals surface area contributed by atoms with Crippen LogP contribution in [0.2, 0.25) is 0 Å². The van der Waals surface area contributed by atoms with Crippen LogP contribution in [0, 0.1) is 6.92 Å². The summed E-state index contributed by atoms with van der Waals surface area (Å²) in [5.41, 5.74) is 7.24. The van der Waals surface area contributed by atoms with E-state index in [9.17, 15) is 0 Å². The van der Waals surface area contributed by atoms with Crippen LogP contribution in [0.25, 0.3) is 22.2 Å². The molecule has 144 valence electrons. The summed E-state index contributed by atoms with van der Waals surface area (Å²) in [5.74, 6) is 1.02. The molecule has 0 aliphatic carbocycles. The maximum atomic E-state index is 5.63. The van der Waals surface area contributed by atoms with Crippen molar-refractivity contribution < 1.29 is 9.47 Å². The van der Waals surface area contributed by atoms with E-state index in [1.165, 1.54) is 27.6 Å². The standard InChI is InChI=1S/C24H26N2O2/c1-17-14-23(19-3-5-24-20(16-19)7-11-28-24)25-22-4-2-18(15-21(17)22)6-8-26-9-12-27-13-10-26/h2-5,14-16H,6-13H2,1H3. The third-order valence-electron chi connectivity index (χ3n) is 5.89. The Bertz CT molecular complexity index is 1010. The molecular formula is C24H26N2O2. The van der Waals surface area contributed by atoms with Gasteiger partial charge in [-0.3, -0.25) is 4.90 Å². The van der Waals surface area contributed by atoms with Crippen LogP contribution in [0.1, 0.15) is 16.7 Å². The Morgan fingerprint density at radius 3 is 2.79 bits per heavy atom. The highest BCUT2D eigenvalue weighted by atomic mass is 16.5. The van der Waals surface area contributed by atoms with Gasteiger partial charge in [-0.05, 0) is 66.4 Å². The fourth-order valence-electron chi connectivity index (χ4n) is 4.20. The molecule has 0 spiro atoms. The largest absolute Gasteiger partial charge is 0.493 e. The van der Waals surface area contributed by atoms with Crippen LogP contribution in [-0.2, 0) is 17.6 Å². The molecule has 3 heterocycles. The van der Waals surface area contributed by atoms with Crippen molar-refractivity contribution in [1.82, 2.24) is 9.88 Å². The Hall–Kier alpha value is -2.43. The van der Waals surface area contributed by atoms with Gasteiger partial charge in [-0.25, -0.2) is 4.98 Å². The minimum Gasteiger partial charge on any atom is -0.493 e. The predicted molar refractivity (Wildman–Crippen MR) is 112 cm³/mol. The Labute approximate surface area is 166 Å². The van der Waals surface area contributed by atoms with Gasteiger partial charge in [-0.1, -0.05) is 6.07 Å². The van der Waals surface area contributed by atoms with Crippen molar-refractivity contribution in [2.45, 2.75) is 19.8 Å². The lowest BCUT2D eigenvalue weighted by atomic mass is 10.0. The monoisotopic (exact) mass is 374 g/mol. The predicted octanol–water partition coefficient (Wildman–Crippen LogP) is 4.02. The number of ether oxygens (including phenoxy) is 2. The molecule has 1 saturated heterocycles. The molecule has 4 heteroatoms. The molecule has 28 heavy (non-hydrogen) atoms. The molecule has 0 radical (unpaired) electrons. The van der Waals surface area contributed by atoms with Crippen molar-refractivity contribution >= 4 is 10.9 Å². The number of fused-ring (bicyclic) bond motifs is 2. The number of hydrogen-bond donors (Lipinski definition) is 0. The molecule has 0 N–H and O–H groups in total. The summed E-state index contributed by atoms with van der Waals surface area (Å²) >= 11 is 0. The average molecular weight is 374 g/mol. The molecule has 5 rings (SSSR count). The third-order valence-corrected chi connectivity index (χ3v) is 5.89. The first-order chi connectivity index (χ1) is 13.8. The first-order valence-corrected chi connectivity index (χ1v) is 10.2. The van der Waals surface area contributed by atoms with E-state index in [1.807, 2.05) is 0 Å². The van der Waals surface area contributed by atoms with E-state index in [0.29, 0.717) is 0 Å². The number of pyridine rings is 1. The average Bonchev–Trinajstić information content (AvgIpc) is 3.21. The molecule has 1 fully saturated rings. The van der Waals surface area contributed by atoms with Gasteiger partial charge >= 0.3 is 0 Å². The molecule has 2 aliphatic heterocycles. The lowest BCUT2D eigenvalue weighted by Gasteiger charge is -2.26. The van der Waals surface area contributed by atoms with Crippen molar-refractivity contribution in [2.75, 3.05) is 39.5 Å². The Morgan fingerprint density at radius 2 is 1.89 bits per heavy atom. The smallest absolute Gasteiger partial charge is 0.122 e. The maximum absolute atomic E-state index is 5.63. The number of rotatable bonds is 4. The fourth-order valence-corrected chi connectivity index (χ4v) is 4.20. The zero-order chi connectivity index (χ0) is 18.9. The van der Waals surface area contributed by atoms with Gasteiger partial charge in [0, 0.05) is 37.0 Å². The van der Waals surface area contributed by atoms with E-state index < -0.39 is 0 Å². The minimum atomic E-state index is 0.788. The Balaban J connectivity index is 1.40. The second-order valence-electron chi connectivity index (χ2n) is 7.80. The zero-order valence-corrected chi connectivity index (χ0v) is 16.4. The lowest BCUT2D eigenvalue weighted by molar-refractivity contribution is 0.0384. The summed E-state index contributed by atoms with van der Waals surface area (Å²) in [6.45, 7) is 7.88. The van der Waals surface area contributed by atoms with Crippen LogP contribution in [0.4, 0.5) is 0 Å². The number of aromatic nitrogens is 1. The molecule has 0 unspecified atom stereocenters. The molecule has 4 nitrogen and oxygen atoms in total. The SMILES string of the molecule is Cc1cc(-c2ccc3c(c2)CCO3)nc2ccc(CCN3CCOCC3)cc12. The summed E-state index contributed by atoms with van der Waals surface area (Å²) in [4.78, 5) is 7.44. The van der Waals surface area contributed by atoms with E-state index in [2.05, 4.69) is 54.3 Å². The van der Waals surface area contributed by atoms with Crippen molar-refractivity contribution in [1.29, 1.82) is 0 Å². The lowest BCUT2D eigenvalue weighted by Crippen LogP contribution is -2.37. The highest BCUT2D eigenvalue weighted by Gasteiger charge is 2.14. The molecule has 0 atom stereocenters. The first-order valence-electron chi connectivity index (χ1n) is 10.2.